The van der Waals surface area contributed by atoms with Crippen molar-refractivity contribution in [2.75, 3.05) is 0 Å². The molecule has 0 unspecified atom stereocenters. The fraction of sp³-hybridized carbons (Fsp3) is 0. The van der Waals surface area contributed by atoms with Gasteiger partial charge in [-0.05, 0) is 17.2 Å². The third-order valence-electron chi connectivity index (χ3n) is 4.95. The van der Waals surface area contributed by atoms with E-state index in [1.54, 1.807) is 54.6 Å². The molecule has 2 N–H and O–H groups in total. The Hall–Kier alpha value is -4.13. The number of benzene rings is 3. The molecule has 0 saturated heterocycles. The van der Waals surface area contributed by atoms with E-state index < -0.39 is 5.97 Å². The van der Waals surface area contributed by atoms with Gasteiger partial charge in [-0.25, -0.2) is 4.79 Å². The van der Waals surface area contributed by atoms with E-state index in [1.165, 1.54) is 0 Å². The molecule has 0 amide bonds. The summed E-state index contributed by atoms with van der Waals surface area (Å²) >= 11 is 0. The Labute approximate surface area is 157 Å². The number of aromatic carboxylic acids is 1. The minimum atomic E-state index is -1.19. The van der Waals surface area contributed by atoms with Crippen molar-refractivity contribution in [3.8, 4) is 11.1 Å². The molecule has 1 aliphatic rings. The van der Waals surface area contributed by atoms with Crippen LogP contribution in [-0.2, 0) is 0 Å². The molecule has 5 rings (SSSR count). The van der Waals surface area contributed by atoms with Gasteiger partial charge < -0.3 is 5.11 Å². The third-order valence-corrected chi connectivity index (χ3v) is 4.95. The van der Waals surface area contributed by atoms with Crippen LogP contribution in [0.4, 0.5) is 0 Å². The predicted molar refractivity (Wildman–Crippen MR) is 99.6 cm³/mol. The zero-order valence-electron chi connectivity index (χ0n) is 14.3. The molecule has 0 fully saturated rings. The summed E-state index contributed by atoms with van der Waals surface area (Å²) in [5.74, 6) is -1.76. The Morgan fingerprint density at radius 1 is 0.750 bits per heavy atom. The second-order valence-corrected chi connectivity index (χ2v) is 6.42. The maximum Gasteiger partial charge on any atom is 0.338 e. The molecule has 0 bridgehead atoms. The predicted octanol–water partition coefficient (Wildman–Crippen LogP) is 3.10. The number of nitrogens with one attached hydrogen (secondary N) is 1. The molecule has 7 heteroatoms. The number of aromatic nitrogens is 3. The quantitative estimate of drug-likeness (QED) is 0.494. The van der Waals surface area contributed by atoms with Gasteiger partial charge in [0.15, 0.2) is 11.6 Å². The summed E-state index contributed by atoms with van der Waals surface area (Å²) in [5, 5.41) is 20.1. The van der Waals surface area contributed by atoms with E-state index in [2.05, 4.69) is 15.4 Å². The van der Waals surface area contributed by atoms with Crippen LogP contribution in [0.2, 0.25) is 0 Å². The van der Waals surface area contributed by atoms with Crippen molar-refractivity contribution in [1.82, 2.24) is 15.4 Å². The molecule has 1 aromatic heterocycles. The summed E-state index contributed by atoms with van der Waals surface area (Å²) in [6.45, 7) is 0. The van der Waals surface area contributed by atoms with Gasteiger partial charge in [-0.15, -0.1) is 0 Å². The maximum atomic E-state index is 13.2. The van der Waals surface area contributed by atoms with Crippen molar-refractivity contribution >= 4 is 28.6 Å². The zero-order valence-corrected chi connectivity index (χ0v) is 14.3. The number of H-pyrrole nitrogens is 1. The molecule has 134 valence electrons. The van der Waals surface area contributed by atoms with Crippen LogP contribution in [-0.4, -0.2) is 38.1 Å². The number of fused-ring (bicyclic) bond motifs is 3. The van der Waals surface area contributed by atoms with Gasteiger partial charge in [0.05, 0.1) is 5.56 Å². The van der Waals surface area contributed by atoms with Crippen molar-refractivity contribution in [2.45, 2.75) is 0 Å². The Balaban J connectivity index is 1.85. The highest BCUT2D eigenvalue weighted by molar-refractivity contribution is 6.30. The fourth-order valence-electron chi connectivity index (χ4n) is 3.72. The van der Waals surface area contributed by atoms with E-state index in [4.69, 9.17) is 0 Å². The normalized spacial score (nSPS) is 12.7. The molecule has 1 heterocycles. The van der Waals surface area contributed by atoms with E-state index in [-0.39, 0.29) is 33.8 Å². The lowest BCUT2D eigenvalue weighted by Gasteiger charge is -2.20. The topological polar surface area (TPSA) is 113 Å². The van der Waals surface area contributed by atoms with Gasteiger partial charge in [0.25, 0.3) is 0 Å². The number of aromatic amines is 1. The lowest BCUT2D eigenvalue weighted by atomic mass is 9.80. The highest BCUT2D eigenvalue weighted by atomic mass is 16.4. The van der Waals surface area contributed by atoms with Crippen molar-refractivity contribution in [1.29, 1.82) is 0 Å². The second-order valence-electron chi connectivity index (χ2n) is 6.42. The largest absolute Gasteiger partial charge is 0.478 e. The van der Waals surface area contributed by atoms with Gasteiger partial charge >= 0.3 is 5.97 Å². The number of hydrogen-bond donors (Lipinski definition) is 2. The van der Waals surface area contributed by atoms with Gasteiger partial charge in [-0.3, -0.25) is 9.59 Å². The van der Waals surface area contributed by atoms with Crippen molar-refractivity contribution in [3.05, 3.63) is 82.4 Å². The Morgan fingerprint density at radius 2 is 1.43 bits per heavy atom. The van der Waals surface area contributed by atoms with Crippen molar-refractivity contribution in [2.24, 2.45) is 0 Å². The molecule has 3 aromatic carbocycles. The minimum Gasteiger partial charge on any atom is -0.478 e. The molecule has 0 radical (unpaired) electrons. The van der Waals surface area contributed by atoms with Crippen LogP contribution in [0.15, 0.2) is 54.6 Å². The van der Waals surface area contributed by atoms with Gasteiger partial charge in [0, 0.05) is 22.3 Å². The average molecular weight is 369 g/mol. The number of ketones is 2. The summed E-state index contributed by atoms with van der Waals surface area (Å²) in [5.41, 5.74) is 2.35. The Morgan fingerprint density at radius 3 is 2.18 bits per heavy atom. The van der Waals surface area contributed by atoms with Crippen LogP contribution in [0, 0.1) is 0 Å². The molecule has 0 saturated carbocycles. The van der Waals surface area contributed by atoms with Crippen LogP contribution in [0.5, 0.6) is 0 Å². The molecule has 0 atom stereocenters. The molecule has 0 aliphatic heterocycles. The van der Waals surface area contributed by atoms with E-state index >= 15 is 0 Å². The summed E-state index contributed by atoms with van der Waals surface area (Å²) in [6, 6.07) is 14.7. The second kappa shape index (κ2) is 5.68. The molecule has 28 heavy (non-hydrogen) atoms. The fourth-order valence-corrected chi connectivity index (χ4v) is 3.72. The molecule has 0 spiro atoms. The average Bonchev–Trinajstić information content (AvgIpc) is 3.19. The van der Waals surface area contributed by atoms with E-state index in [0.29, 0.717) is 27.8 Å². The lowest BCUT2D eigenvalue weighted by molar-refractivity contribution is 0.0699. The first-order chi connectivity index (χ1) is 13.6. The summed E-state index contributed by atoms with van der Waals surface area (Å²) in [6.07, 6.45) is 0. The van der Waals surface area contributed by atoms with Gasteiger partial charge in [0.1, 0.15) is 11.0 Å². The van der Waals surface area contributed by atoms with Crippen molar-refractivity contribution in [3.63, 3.8) is 0 Å². The first kappa shape index (κ1) is 16.1. The number of carboxylic acid groups (broad SMARTS) is 1. The number of carbonyl (C=O) groups excluding carboxylic acids is 2. The Bertz CT molecular complexity index is 1340. The van der Waals surface area contributed by atoms with Crippen LogP contribution < -0.4 is 0 Å². The van der Waals surface area contributed by atoms with Crippen LogP contribution in [0.3, 0.4) is 0 Å². The molecular formula is C21H11N3O4. The molecule has 7 nitrogen and oxygen atoms in total. The first-order valence-electron chi connectivity index (χ1n) is 8.46. The smallest absolute Gasteiger partial charge is 0.338 e. The van der Waals surface area contributed by atoms with Gasteiger partial charge in [0.2, 0.25) is 0 Å². The van der Waals surface area contributed by atoms with Crippen molar-refractivity contribution < 1.29 is 19.5 Å². The van der Waals surface area contributed by atoms with Gasteiger partial charge in [-0.2, -0.15) is 15.4 Å². The molecule has 1 aliphatic carbocycles. The number of rotatable bonds is 2. The van der Waals surface area contributed by atoms with Gasteiger partial charge in [-0.1, -0.05) is 48.5 Å². The monoisotopic (exact) mass is 369 g/mol. The van der Waals surface area contributed by atoms with E-state index in [9.17, 15) is 19.5 Å². The summed E-state index contributed by atoms with van der Waals surface area (Å²) < 4.78 is 0. The number of nitrogens with zero attached hydrogens (tertiary/aromatic N) is 2. The van der Waals surface area contributed by atoms with E-state index in [0.717, 1.165) is 0 Å². The lowest BCUT2D eigenvalue weighted by Crippen LogP contribution is -2.22. The minimum absolute atomic E-state index is 0.0706. The summed E-state index contributed by atoms with van der Waals surface area (Å²) in [7, 11) is 0. The summed E-state index contributed by atoms with van der Waals surface area (Å²) in [4.78, 5) is 38.1. The number of carbonyl (C=O) groups is 3. The maximum absolute atomic E-state index is 13.2. The highest BCUT2D eigenvalue weighted by Crippen LogP contribution is 2.37. The van der Waals surface area contributed by atoms with Crippen LogP contribution in [0.25, 0.3) is 22.2 Å². The third kappa shape index (κ3) is 2.07. The number of carboxylic acids is 1. The Kier molecular flexibility index (Phi) is 3.26. The zero-order chi connectivity index (χ0) is 19.4. The SMILES string of the molecule is O=C1c2ccccc2C(=O)c2c1cccc2-c1ccc2n[nH]nc2c1C(=O)O. The first-order valence-corrected chi connectivity index (χ1v) is 8.46. The molecule has 4 aromatic rings. The standard InChI is InChI=1S/C21H11N3O4/c25-19-12-4-1-2-5-13(12)20(26)16-10(6-3-7-14(16)19)11-8-9-15-18(23-24-22-15)17(11)21(27)28/h1-9H,(H,27,28)(H,22,23,24). The van der Waals surface area contributed by atoms with E-state index in [1.807, 2.05) is 0 Å². The molecular weight excluding hydrogens is 358 g/mol. The van der Waals surface area contributed by atoms with Crippen LogP contribution >= 0.6 is 0 Å². The van der Waals surface area contributed by atoms with Crippen LogP contribution in [0.1, 0.15) is 42.2 Å². The number of hydrogen-bond acceptors (Lipinski definition) is 5. The highest BCUT2D eigenvalue weighted by Gasteiger charge is 2.32.